The zero-order chi connectivity index (χ0) is 47.0. The highest BCUT2D eigenvalue weighted by Gasteiger charge is 2.15. The molecule has 4 heterocycles. The normalized spacial score (nSPS) is 10.3. The molecule has 8 rings (SSSR count). The predicted octanol–water partition coefficient (Wildman–Crippen LogP) is 7.00. The second-order valence-corrected chi connectivity index (χ2v) is 14.4. The Balaban J connectivity index is 0.000000192. The minimum atomic E-state index is -0.326. The van der Waals surface area contributed by atoms with Gasteiger partial charge in [-0.15, -0.1) is 20.4 Å². The number of Topliss-reactive ketones (excluding diaryl/α,β-unsaturated/α-hetero) is 3. The number of aromatic nitrogens is 12. The van der Waals surface area contributed by atoms with Gasteiger partial charge < -0.3 is 11.5 Å². The van der Waals surface area contributed by atoms with Crippen LogP contribution in [-0.2, 0) is 32.6 Å². The van der Waals surface area contributed by atoms with Gasteiger partial charge in [-0.2, -0.15) is 0 Å². The van der Waals surface area contributed by atoms with Crippen LogP contribution >= 0.6 is 0 Å². The molecule has 0 aliphatic rings. The van der Waals surface area contributed by atoms with E-state index in [0.717, 1.165) is 34.5 Å². The van der Waals surface area contributed by atoms with Crippen molar-refractivity contribution in [2.75, 3.05) is 11.5 Å². The summed E-state index contributed by atoms with van der Waals surface area (Å²) in [6.45, 7) is 9.98. The van der Waals surface area contributed by atoms with Crippen LogP contribution in [0.3, 0.4) is 0 Å². The Kier molecular flexibility index (Phi) is 18.4. The third-order valence-electron chi connectivity index (χ3n) is 9.35. The fourth-order valence-corrected chi connectivity index (χ4v) is 5.94. The highest BCUT2D eigenvalue weighted by molar-refractivity contribution is 5.96. The van der Waals surface area contributed by atoms with E-state index in [-0.39, 0.29) is 71.8 Å². The fourth-order valence-electron chi connectivity index (χ4n) is 5.94. The molecule has 4 aromatic heterocycles. The van der Waals surface area contributed by atoms with E-state index in [9.17, 15) is 27.6 Å². The Morgan fingerprint density at radius 1 is 0.515 bits per heavy atom. The zero-order valence-corrected chi connectivity index (χ0v) is 36.3. The number of aryl methyl sites for hydroxylation is 1. The quantitative estimate of drug-likeness (QED) is 0.118. The van der Waals surface area contributed by atoms with Gasteiger partial charge >= 0.3 is 0 Å². The highest BCUT2D eigenvalue weighted by atomic mass is 19.1. The average molecular weight is 905 g/mol. The van der Waals surface area contributed by atoms with Crippen molar-refractivity contribution >= 4 is 29.0 Å². The van der Waals surface area contributed by atoms with Crippen molar-refractivity contribution in [2.24, 2.45) is 0 Å². The summed E-state index contributed by atoms with van der Waals surface area (Å²) in [5.74, 6) is -0.942. The Morgan fingerprint density at radius 2 is 0.955 bits per heavy atom. The van der Waals surface area contributed by atoms with Crippen LogP contribution in [0.1, 0.15) is 100 Å². The molecule has 20 heteroatoms. The standard InChI is InChI=1S/C12H13N3O.2C11H11FN4O.C11H12FN3.CH4/c1-9-12(10(2)16)13-14-15(9)8-11-6-4-3-5-7-11;1-7(17)10-11(13)16(15-14-10)6-8-2-4-9(12)5-3-8;1-7(17)10-11(13)16(15-14-10)6-8-3-2-4-9(12)5-8;1-2-11-8-15(14-13-11)7-9-4-3-5-10(12)6-9;/h3-7H,8H2,1-2H3;2*2-5H,6,13H2,1H3;3-6,8H,2,7H2,1H3;1H4. The van der Waals surface area contributed by atoms with Gasteiger partial charge in [0.1, 0.15) is 17.5 Å². The summed E-state index contributed by atoms with van der Waals surface area (Å²) in [5, 5.41) is 30.7. The summed E-state index contributed by atoms with van der Waals surface area (Å²) in [5.41, 5.74) is 17.5. The number of nitrogen functional groups attached to an aromatic ring is 2. The lowest BCUT2D eigenvalue weighted by atomic mass is 10.2. The van der Waals surface area contributed by atoms with Crippen LogP contribution in [0.15, 0.2) is 109 Å². The number of ketones is 3. The molecule has 0 amide bonds. The topological polar surface area (TPSA) is 226 Å². The van der Waals surface area contributed by atoms with Gasteiger partial charge in [-0.05, 0) is 72.0 Å². The van der Waals surface area contributed by atoms with Gasteiger partial charge in [0.15, 0.2) is 46.1 Å². The van der Waals surface area contributed by atoms with Gasteiger partial charge in [0, 0.05) is 27.0 Å². The molecule has 17 nitrogen and oxygen atoms in total. The van der Waals surface area contributed by atoms with Crippen LogP contribution in [0.25, 0.3) is 0 Å². The van der Waals surface area contributed by atoms with Crippen LogP contribution < -0.4 is 11.5 Å². The lowest BCUT2D eigenvalue weighted by Crippen LogP contribution is -2.07. The summed E-state index contributed by atoms with van der Waals surface area (Å²) < 4.78 is 44.8. The van der Waals surface area contributed by atoms with Crippen molar-refractivity contribution in [2.45, 2.75) is 74.6 Å². The van der Waals surface area contributed by atoms with Crippen molar-refractivity contribution in [3.63, 3.8) is 0 Å². The maximum atomic E-state index is 13.0. The molecule has 0 fully saturated rings. The SMILES string of the molecule is C.CC(=O)c1nnn(Cc2ccc(F)cc2)c1N.CC(=O)c1nnn(Cc2cccc(F)c2)c1N.CC(=O)c1nnn(Cc2ccccc2)c1C.CCc1cn(Cc2cccc(F)c2)nn1. The first-order valence-electron chi connectivity index (χ1n) is 20.1. The van der Waals surface area contributed by atoms with Gasteiger partial charge in [-0.25, -0.2) is 31.9 Å². The Hall–Kier alpha value is -8.16. The smallest absolute Gasteiger partial charge is 0.183 e. The molecule has 0 spiro atoms. The van der Waals surface area contributed by atoms with Crippen molar-refractivity contribution in [3.8, 4) is 0 Å². The minimum absolute atomic E-state index is 0. The van der Waals surface area contributed by atoms with Crippen molar-refractivity contribution in [3.05, 3.63) is 178 Å². The van der Waals surface area contributed by atoms with E-state index in [0.29, 0.717) is 30.9 Å². The fraction of sp³-hybridized carbons (Fsp3) is 0.239. The number of carbonyl (C=O) groups excluding carboxylic acids is 3. The van der Waals surface area contributed by atoms with Crippen LogP contribution in [0.5, 0.6) is 0 Å². The number of carbonyl (C=O) groups is 3. The van der Waals surface area contributed by atoms with Crippen LogP contribution in [0, 0.1) is 24.4 Å². The van der Waals surface area contributed by atoms with Crippen molar-refractivity contribution in [1.82, 2.24) is 60.0 Å². The van der Waals surface area contributed by atoms with E-state index in [1.807, 2.05) is 56.4 Å². The molecule has 0 atom stereocenters. The molecule has 66 heavy (non-hydrogen) atoms. The maximum Gasteiger partial charge on any atom is 0.183 e. The van der Waals surface area contributed by atoms with Gasteiger partial charge in [0.05, 0.1) is 37.6 Å². The molecule has 0 unspecified atom stereocenters. The molecule has 0 aliphatic heterocycles. The number of nitrogens with zero attached hydrogens (tertiary/aromatic N) is 12. The lowest BCUT2D eigenvalue weighted by molar-refractivity contribution is 0.1000. The lowest BCUT2D eigenvalue weighted by Gasteiger charge is -2.03. The third kappa shape index (κ3) is 14.4. The number of halogens is 3. The molecule has 344 valence electrons. The Morgan fingerprint density at radius 3 is 1.41 bits per heavy atom. The van der Waals surface area contributed by atoms with E-state index in [1.54, 1.807) is 39.7 Å². The second-order valence-electron chi connectivity index (χ2n) is 14.4. The summed E-state index contributed by atoms with van der Waals surface area (Å²) in [4.78, 5) is 33.5. The molecule has 4 aromatic carbocycles. The maximum absolute atomic E-state index is 13.0. The molecular weight excluding hydrogens is 854 g/mol. The Bertz CT molecular complexity index is 2840. The number of rotatable bonds is 12. The number of hydrogen-bond acceptors (Lipinski definition) is 13. The molecular formula is C46H51F3N14O3. The highest BCUT2D eigenvalue weighted by Crippen LogP contribution is 2.14. The number of anilines is 2. The molecule has 4 N–H and O–H groups in total. The monoisotopic (exact) mass is 904 g/mol. The van der Waals surface area contributed by atoms with E-state index in [2.05, 4.69) is 41.2 Å². The summed E-state index contributed by atoms with van der Waals surface area (Å²) in [6.07, 6.45) is 2.74. The van der Waals surface area contributed by atoms with Crippen molar-refractivity contribution < 1.29 is 27.6 Å². The predicted molar refractivity (Wildman–Crippen MR) is 242 cm³/mol. The molecule has 0 radical (unpaired) electrons. The average Bonchev–Trinajstić information content (AvgIpc) is 4.07. The van der Waals surface area contributed by atoms with Gasteiger partial charge in [0.2, 0.25) is 0 Å². The van der Waals surface area contributed by atoms with E-state index >= 15 is 0 Å². The summed E-state index contributed by atoms with van der Waals surface area (Å²) in [6, 6.07) is 28.5. The van der Waals surface area contributed by atoms with Crippen LogP contribution in [0.4, 0.5) is 24.8 Å². The molecule has 0 saturated carbocycles. The van der Waals surface area contributed by atoms with Crippen molar-refractivity contribution in [1.29, 1.82) is 0 Å². The van der Waals surface area contributed by atoms with Gasteiger partial charge in [-0.3, -0.25) is 14.4 Å². The minimum Gasteiger partial charge on any atom is -0.382 e. The molecule has 0 saturated heterocycles. The number of hydrogen-bond donors (Lipinski definition) is 2. The first-order valence-corrected chi connectivity index (χ1v) is 20.1. The first-order chi connectivity index (χ1) is 31.1. The van der Waals surface area contributed by atoms with E-state index < -0.39 is 0 Å². The van der Waals surface area contributed by atoms with Crippen LogP contribution in [-0.4, -0.2) is 77.3 Å². The zero-order valence-electron chi connectivity index (χ0n) is 36.3. The van der Waals surface area contributed by atoms with E-state index in [1.165, 1.54) is 66.5 Å². The second kappa shape index (κ2) is 24.1. The van der Waals surface area contributed by atoms with E-state index in [4.69, 9.17) is 11.5 Å². The molecule has 8 aromatic rings. The number of benzene rings is 4. The number of nitrogens with two attached hydrogens (primary N) is 2. The first kappa shape index (κ1) is 50.5. The Labute approximate surface area is 379 Å². The van der Waals surface area contributed by atoms with Gasteiger partial charge in [0.25, 0.3) is 0 Å². The molecule has 0 aliphatic carbocycles. The third-order valence-corrected chi connectivity index (χ3v) is 9.35. The molecule has 0 bridgehead atoms. The summed E-state index contributed by atoms with van der Waals surface area (Å²) in [7, 11) is 0. The van der Waals surface area contributed by atoms with Gasteiger partial charge in [-0.1, -0.05) is 102 Å². The largest absolute Gasteiger partial charge is 0.382 e. The summed E-state index contributed by atoms with van der Waals surface area (Å²) >= 11 is 0. The van der Waals surface area contributed by atoms with Crippen LogP contribution in [0.2, 0.25) is 0 Å².